The van der Waals surface area contributed by atoms with Crippen LogP contribution in [-0.4, -0.2) is 43.0 Å². The number of nitrogens with one attached hydrogen (secondary N) is 1. The Hall–Kier alpha value is -3.05. The number of carbonyl (C=O) groups is 1. The maximum Gasteiger partial charge on any atom is 0.416 e. The predicted octanol–water partition coefficient (Wildman–Crippen LogP) is 3.73. The number of anilines is 2. The fraction of sp³-hybridized carbons (Fsp3) is 0.333. The highest BCUT2D eigenvalue weighted by Crippen LogP contribution is 2.32. The number of amides is 1. The average molecular weight is 402 g/mol. The third-order valence-electron chi connectivity index (χ3n) is 5.04. The minimum atomic E-state index is -4.37. The van der Waals surface area contributed by atoms with Crippen LogP contribution in [0.1, 0.15) is 18.1 Å². The van der Waals surface area contributed by atoms with E-state index in [4.69, 9.17) is 5.26 Å². The number of carbonyl (C=O) groups excluding carboxylic acids is 1. The highest BCUT2D eigenvalue weighted by molar-refractivity contribution is 5.94. The van der Waals surface area contributed by atoms with Gasteiger partial charge < -0.3 is 10.2 Å². The molecule has 152 valence electrons. The van der Waals surface area contributed by atoms with Crippen molar-refractivity contribution in [2.24, 2.45) is 0 Å². The third kappa shape index (κ3) is 5.06. The monoisotopic (exact) mass is 402 g/mol. The Morgan fingerprint density at radius 2 is 1.79 bits per heavy atom. The van der Waals surface area contributed by atoms with E-state index in [1.54, 1.807) is 37.3 Å². The second kappa shape index (κ2) is 8.53. The standard InChI is InChI=1S/C21H21F3N4O/c1-15(20(29)26-18-6-2-4-16(12-18)14-25)27-8-10-28(11-9-27)19-7-3-5-17(13-19)21(22,23)24/h2-7,12-13,15H,8-11H2,1H3,(H,26,29). The minimum Gasteiger partial charge on any atom is -0.369 e. The maximum atomic E-state index is 12.9. The number of nitriles is 1. The van der Waals surface area contributed by atoms with E-state index >= 15 is 0 Å². The molecule has 0 saturated carbocycles. The quantitative estimate of drug-likeness (QED) is 0.847. The number of alkyl halides is 3. The second-order valence-corrected chi connectivity index (χ2v) is 6.93. The summed E-state index contributed by atoms with van der Waals surface area (Å²) >= 11 is 0. The number of rotatable bonds is 4. The number of nitrogens with zero attached hydrogens (tertiary/aromatic N) is 3. The topological polar surface area (TPSA) is 59.4 Å². The zero-order chi connectivity index (χ0) is 21.0. The summed E-state index contributed by atoms with van der Waals surface area (Å²) in [6.45, 7) is 3.97. The van der Waals surface area contributed by atoms with Crippen LogP contribution in [0.15, 0.2) is 48.5 Å². The van der Waals surface area contributed by atoms with Crippen LogP contribution in [0.4, 0.5) is 24.5 Å². The number of halogens is 3. The van der Waals surface area contributed by atoms with E-state index in [0.29, 0.717) is 43.1 Å². The molecule has 1 heterocycles. The van der Waals surface area contributed by atoms with Crippen molar-refractivity contribution in [3.05, 3.63) is 59.7 Å². The highest BCUT2D eigenvalue weighted by atomic mass is 19.4. The van der Waals surface area contributed by atoms with Gasteiger partial charge in [-0.1, -0.05) is 12.1 Å². The van der Waals surface area contributed by atoms with Crippen molar-refractivity contribution in [3.8, 4) is 6.07 Å². The Morgan fingerprint density at radius 1 is 1.10 bits per heavy atom. The first-order valence-electron chi connectivity index (χ1n) is 9.25. The Labute approximate surface area is 167 Å². The first-order chi connectivity index (χ1) is 13.8. The minimum absolute atomic E-state index is 0.187. The fourth-order valence-corrected chi connectivity index (χ4v) is 3.33. The summed E-state index contributed by atoms with van der Waals surface area (Å²) in [5.41, 5.74) is 0.892. The number of piperazine rings is 1. The lowest BCUT2D eigenvalue weighted by Crippen LogP contribution is -2.52. The van der Waals surface area contributed by atoms with Crippen LogP contribution < -0.4 is 10.2 Å². The van der Waals surface area contributed by atoms with Crippen LogP contribution >= 0.6 is 0 Å². The molecule has 1 aliphatic rings. The molecule has 1 aliphatic heterocycles. The smallest absolute Gasteiger partial charge is 0.369 e. The number of hydrogen-bond acceptors (Lipinski definition) is 4. The zero-order valence-electron chi connectivity index (χ0n) is 15.9. The van der Waals surface area contributed by atoms with Crippen molar-refractivity contribution in [1.82, 2.24) is 4.90 Å². The summed E-state index contributed by atoms with van der Waals surface area (Å²) in [5.74, 6) is -0.187. The largest absolute Gasteiger partial charge is 0.416 e. The summed E-state index contributed by atoms with van der Waals surface area (Å²) in [6, 6.07) is 13.6. The van der Waals surface area contributed by atoms with Crippen LogP contribution in [0.3, 0.4) is 0 Å². The molecule has 29 heavy (non-hydrogen) atoms. The first-order valence-corrected chi connectivity index (χ1v) is 9.25. The van der Waals surface area contributed by atoms with Gasteiger partial charge in [0.05, 0.1) is 23.2 Å². The van der Waals surface area contributed by atoms with Crippen molar-refractivity contribution in [2.45, 2.75) is 19.1 Å². The molecule has 1 unspecified atom stereocenters. The first kappa shape index (κ1) is 20.7. The number of hydrogen-bond donors (Lipinski definition) is 1. The van der Waals surface area contributed by atoms with Crippen molar-refractivity contribution in [2.75, 3.05) is 36.4 Å². The van der Waals surface area contributed by atoms with Crippen molar-refractivity contribution in [1.29, 1.82) is 5.26 Å². The van der Waals surface area contributed by atoms with Crippen LogP contribution in [-0.2, 0) is 11.0 Å². The molecule has 1 amide bonds. The van der Waals surface area contributed by atoms with E-state index in [0.717, 1.165) is 12.1 Å². The van der Waals surface area contributed by atoms with E-state index in [9.17, 15) is 18.0 Å². The summed E-state index contributed by atoms with van der Waals surface area (Å²) in [5, 5.41) is 11.8. The molecule has 2 aromatic carbocycles. The molecule has 1 N–H and O–H groups in total. The molecule has 0 aromatic heterocycles. The Morgan fingerprint density at radius 3 is 2.45 bits per heavy atom. The van der Waals surface area contributed by atoms with E-state index in [1.807, 2.05) is 15.9 Å². The van der Waals surface area contributed by atoms with E-state index in [-0.39, 0.29) is 5.91 Å². The van der Waals surface area contributed by atoms with Gasteiger partial charge in [0.25, 0.3) is 0 Å². The molecular weight excluding hydrogens is 381 g/mol. The summed E-state index contributed by atoms with van der Waals surface area (Å²) in [7, 11) is 0. The lowest BCUT2D eigenvalue weighted by molar-refractivity contribution is -0.137. The summed E-state index contributed by atoms with van der Waals surface area (Å²) < 4.78 is 38.8. The van der Waals surface area contributed by atoms with E-state index < -0.39 is 17.8 Å². The molecular formula is C21H21F3N4O. The zero-order valence-corrected chi connectivity index (χ0v) is 15.9. The molecule has 1 saturated heterocycles. The Bertz CT molecular complexity index is 915. The van der Waals surface area contributed by atoms with Gasteiger partial charge in [0.2, 0.25) is 5.91 Å². The Balaban J connectivity index is 1.58. The maximum absolute atomic E-state index is 12.9. The van der Waals surface area contributed by atoms with Gasteiger partial charge in [-0.2, -0.15) is 18.4 Å². The van der Waals surface area contributed by atoms with E-state index in [1.165, 1.54) is 6.07 Å². The molecule has 2 aromatic rings. The molecule has 3 rings (SSSR count). The molecule has 0 bridgehead atoms. The lowest BCUT2D eigenvalue weighted by atomic mass is 10.1. The van der Waals surface area contributed by atoms with E-state index in [2.05, 4.69) is 5.32 Å². The summed E-state index contributed by atoms with van der Waals surface area (Å²) in [4.78, 5) is 16.4. The van der Waals surface area contributed by atoms with Crippen molar-refractivity contribution < 1.29 is 18.0 Å². The van der Waals surface area contributed by atoms with Gasteiger partial charge in [-0.25, -0.2) is 0 Å². The SMILES string of the molecule is CC(C(=O)Nc1cccc(C#N)c1)N1CCN(c2cccc(C(F)(F)F)c2)CC1. The van der Waals surface area contributed by atoms with Crippen molar-refractivity contribution in [3.63, 3.8) is 0 Å². The Kier molecular flexibility index (Phi) is 6.09. The fourth-order valence-electron chi connectivity index (χ4n) is 3.33. The normalized spacial score (nSPS) is 16.2. The molecule has 0 aliphatic carbocycles. The summed E-state index contributed by atoms with van der Waals surface area (Å²) in [6.07, 6.45) is -4.37. The van der Waals surface area contributed by atoms with Gasteiger partial charge >= 0.3 is 6.18 Å². The van der Waals surface area contributed by atoms with Crippen LogP contribution in [0.5, 0.6) is 0 Å². The van der Waals surface area contributed by atoms with Gasteiger partial charge in [-0.15, -0.1) is 0 Å². The average Bonchev–Trinajstić information content (AvgIpc) is 2.73. The lowest BCUT2D eigenvalue weighted by Gasteiger charge is -2.38. The predicted molar refractivity (Wildman–Crippen MR) is 104 cm³/mol. The van der Waals surface area contributed by atoms with Gasteiger partial charge in [0.15, 0.2) is 0 Å². The molecule has 1 atom stereocenters. The van der Waals surface area contributed by atoms with Crippen LogP contribution in [0.25, 0.3) is 0 Å². The van der Waals surface area contributed by atoms with Gasteiger partial charge in [-0.05, 0) is 43.3 Å². The third-order valence-corrected chi connectivity index (χ3v) is 5.04. The second-order valence-electron chi connectivity index (χ2n) is 6.93. The molecule has 0 spiro atoms. The van der Waals surface area contributed by atoms with Gasteiger partial charge in [-0.3, -0.25) is 9.69 Å². The molecule has 0 radical (unpaired) electrons. The van der Waals surface area contributed by atoms with Crippen LogP contribution in [0.2, 0.25) is 0 Å². The molecule has 5 nitrogen and oxygen atoms in total. The molecule has 1 fully saturated rings. The van der Waals surface area contributed by atoms with Crippen molar-refractivity contribution >= 4 is 17.3 Å². The van der Waals surface area contributed by atoms with Gasteiger partial charge in [0.1, 0.15) is 0 Å². The van der Waals surface area contributed by atoms with Crippen LogP contribution in [0, 0.1) is 11.3 Å². The highest BCUT2D eigenvalue weighted by Gasteiger charge is 2.31. The molecule has 8 heteroatoms. The number of benzene rings is 2. The van der Waals surface area contributed by atoms with Gasteiger partial charge in [0, 0.05) is 37.6 Å².